The van der Waals surface area contributed by atoms with Gasteiger partial charge < -0.3 is 10.7 Å². The van der Waals surface area contributed by atoms with Gasteiger partial charge in [-0.3, -0.25) is 0 Å². The molecule has 5 nitrogen and oxygen atoms in total. The van der Waals surface area contributed by atoms with Gasteiger partial charge in [-0.25, -0.2) is 15.8 Å². The Labute approximate surface area is 128 Å². The Kier molecular flexibility index (Phi) is 5.39. The summed E-state index contributed by atoms with van der Waals surface area (Å²) in [5.41, 5.74) is 3.70. The predicted octanol–water partition coefficient (Wildman–Crippen LogP) is 3.26. The molecule has 0 aromatic carbocycles. The average molecular weight is 291 g/mol. The van der Waals surface area contributed by atoms with Gasteiger partial charge in [0.1, 0.15) is 17.5 Å². The van der Waals surface area contributed by atoms with Crippen molar-refractivity contribution in [3.63, 3.8) is 0 Å². The van der Waals surface area contributed by atoms with Crippen LogP contribution in [0.25, 0.3) is 0 Å². The Morgan fingerprint density at radius 3 is 2.57 bits per heavy atom. The first kappa shape index (κ1) is 16.0. The molecule has 1 fully saturated rings. The summed E-state index contributed by atoms with van der Waals surface area (Å²) in [6.07, 6.45) is 5.74. The minimum Gasteiger partial charge on any atom is -0.367 e. The standard InChI is InChI=1S/C16H29N5/c1-5-7-14-19-15(12(4)16(20-14)21-17)18-13-9-6-8-10(2)11(13)3/h10-11,13H,5-9,17H2,1-4H3,(H2,18,19,20,21). The maximum atomic E-state index is 5.60. The number of nitrogen functional groups attached to an aromatic ring is 1. The van der Waals surface area contributed by atoms with Crippen LogP contribution in [0.15, 0.2) is 0 Å². The minimum atomic E-state index is 0.488. The average Bonchev–Trinajstić information content (AvgIpc) is 2.47. The van der Waals surface area contributed by atoms with Gasteiger partial charge in [0, 0.05) is 18.0 Å². The third-order valence-electron chi connectivity index (χ3n) is 4.83. The number of nitrogens with one attached hydrogen (secondary N) is 2. The number of hydrogen-bond acceptors (Lipinski definition) is 5. The molecule has 118 valence electrons. The molecule has 4 N–H and O–H groups in total. The van der Waals surface area contributed by atoms with Gasteiger partial charge in [-0.1, -0.05) is 33.6 Å². The van der Waals surface area contributed by atoms with Crippen LogP contribution >= 0.6 is 0 Å². The summed E-state index contributed by atoms with van der Waals surface area (Å²) in [5.74, 6) is 9.55. The predicted molar refractivity (Wildman–Crippen MR) is 88.2 cm³/mol. The van der Waals surface area contributed by atoms with Crippen LogP contribution in [0.2, 0.25) is 0 Å². The molecule has 21 heavy (non-hydrogen) atoms. The summed E-state index contributed by atoms with van der Waals surface area (Å²) in [7, 11) is 0. The van der Waals surface area contributed by atoms with Gasteiger partial charge in [0.05, 0.1) is 0 Å². The fourth-order valence-corrected chi connectivity index (χ4v) is 3.14. The van der Waals surface area contributed by atoms with E-state index < -0.39 is 0 Å². The van der Waals surface area contributed by atoms with E-state index in [0.29, 0.717) is 12.0 Å². The Morgan fingerprint density at radius 1 is 1.19 bits per heavy atom. The second kappa shape index (κ2) is 7.07. The molecule has 0 bridgehead atoms. The van der Waals surface area contributed by atoms with Crippen molar-refractivity contribution in [2.24, 2.45) is 17.7 Å². The lowest BCUT2D eigenvalue weighted by Gasteiger charge is -2.35. The normalized spacial score (nSPS) is 25.7. The van der Waals surface area contributed by atoms with Crippen LogP contribution in [0, 0.1) is 18.8 Å². The molecule has 0 amide bonds. The van der Waals surface area contributed by atoms with E-state index in [-0.39, 0.29) is 0 Å². The first-order chi connectivity index (χ1) is 10.1. The zero-order valence-corrected chi connectivity index (χ0v) is 13.7. The van der Waals surface area contributed by atoms with Crippen molar-refractivity contribution in [2.45, 2.75) is 65.8 Å². The van der Waals surface area contributed by atoms with E-state index in [1.807, 2.05) is 6.92 Å². The van der Waals surface area contributed by atoms with E-state index in [9.17, 15) is 0 Å². The fourth-order valence-electron chi connectivity index (χ4n) is 3.14. The van der Waals surface area contributed by atoms with E-state index in [1.54, 1.807) is 0 Å². The number of nitrogens with zero attached hydrogens (tertiary/aromatic N) is 2. The molecule has 1 aromatic rings. The van der Waals surface area contributed by atoms with Crippen molar-refractivity contribution in [1.29, 1.82) is 0 Å². The Bertz CT molecular complexity index is 474. The molecule has 0 aliphatic heterocycles. The lowest BCUT2D eigenvalue weighted by molar-refractivity contribution is 0.252. The van der Waals surface area contributed by atoms with Gasteiger partial charge in [0.25, 0.3) is 0 Å². The number of nitrogens with two attached hydrogens (primary N) is 1. The van der Waals surface area contributed by atoms with Gasteiger partial charge in [-0.05, 0) is 31.6 Å². The molecule has 1 saturated carbocycles. The first-order valence-corrected chi connectivity index (χ1v) is 8.17. The van der Waals surface area contributed by atoms with Gasteiger partial charge in [-0.2, -0.15) is 0 Å². The molecule has 0 radical (unpaired) electrons. The summed E-state index contributed by atoms with van der Waals surface area (Å²) >= 11 is 0. The monoisotopic (exact) mass is 291 g/mol. The zero-order valence-electron chi connectivity index (χ0n) is 13.7. The minimum absolute atomic E-state index is 0.488. The second-order valence-corrected chi connectivity index (χ2v) is 6.37. The van der Waals surface area contributed by atoms with Crippen molar-refractivity contribution < 1.29 is 0 Å². The lowest BCUT2D eigenvalue weighted by atomic mass is 9.78. The molecule has 5 heteroatoms. The fraction of sp³-hybridized carbons (Fsp3) is 0.750. The van der Waals surface area contributed by atoms with Crippen LogP contribution in [0.3, 0.4) is 0 Å². The largest absolute Gasteiger partial charge is 0.367 e. The summed E-state index contributed by atoms with van der Waals surface area (Å²) in [6, 6.07) is 0.488. The number of anilines is 2. The SMILES string of the molecule is CCCc1nc(NN)c(C)c(NC2CCCC(C)C2C)n1. The van der Waals surface area contributed by atoms with Gasteiger partial charge >= 0.3 is 0 Å². The Balaban J connectivity index is 2.23. The molecule has 0 spiro atoms. The Morgan fingerprint density at radius 2 is 1.90 bits per heavy atom. The van der Waals surface area contributed by atoms with Crippen molar-refractivity contribution in [1.82, 2.24) is 9.97 Å². The molecular weight excluding hydrogens is 262 g/mol. The van der Waals surface area contributed by atoms with Crippen molar-refractivity contribution in [3.05, 3.63) is 11.4 Å². The number of hydrogen-bond donors (Lipinski definition) is 3. The molecule has 3 unspecified atom stereocenters. The number of hydrazine groups is 1. The number of rotatable bonds is 5. The first-order valence-electron chi connectivity index (χ1n) is 8.17. The summed E-state index contributed by atoms with van der Waals surface area (Å²) in [4.78, 5) is 9.19. The molecule has 1 heterocycles. The molecule has 1 aliphatic rings. The van der Waals surface area contributed by atoms with Gasteiger partial charge in [-0.15, -0.1) is 0 Å². The highest BCUT2D eigenvalue weighted by Crippen LogP contribution is 2.32. The smallest absolute Gasteiger partial charge is 0.148 e. The molecule has 0 saturated heterocycles. The molecule has 1 aromatic heterocycles. The van der Waals surface area contributed by atoms with Crippen LogP contribution in [-0.2, 0) is 6.42 Å². The summed E-state index contributed by atoms with van der Waals surface area (Å²) < 4.78 is 0. The molecule has 2 rings (SSSR count). The summed E-state index contributed by atoms with van der Waals surface area (Å²) in [6.45, 7) is 8.84. The van der Waals surface area contributed by atoms with Crippen LogP contribution in [0.5, 0.6) is 0 Å². The maximum Gasteiger partial charge on any atom is 0.148 e. The molecular formula is C16H29N5. The van der Waals surface area contributed by atoms with E-state index in [2.05, 4.69) is 36.5 Å². The van der Waals surface area contributed by atoms with E-state index in [1.165, 1.54) is 19.3 Å². The summed E-state index contributed by atoms with van der Waals surface area (Å²) in [5, 5.41) is 3.66. The highest BCUT2D eigenvalue weighted by molar-refractivity contribution is 5.57. The van der Waals surface area contributed by atoms with Crippen molar-refractivity contribution in [2.75, 3.05) is 10.7 Å². The van der Waals surface area contributed by atoms with Crippen LogP contribution in [-0.4, -0.2) is 16.0 Å². The number of aryl methyl sites for hydroxylation is 1. The molecule has 3 atom stereocenters. The van der Waals surface area contributed by atoms with E-state index >= 15 is 0 Å². The second-order valence-electron chi connectivity index (χ2n) is 6.37. The third-order valence-corrected chi connectivity index (χ3v) is 4.83. The number of aromatic nitrogens is 2. The third kappa shape index (κ3) is 3.64. The highest BCUT2D eigenvalue weighted by atomic mass is 15.3. The van der Waals surface area contributed by atoms with Gasteiger partial charge in [0.2, 0.25) is 0 Å². The lowest BCUT2D eigenvalue weighted by Crippen LogP contribution is -2.35. The molecule has 1 aliphatic carbocycles. The van der Waals surface area contributed by atoms with E-state index in [4.69, 9.17) is 10.8 Å². The van der Waals surface area contributed by atoms with Crippen molar-refractivity contribution >= 4 is 11.6 Å². The van der Waals surface area contributed by atoms with Crippen LogP contribution in [0.4, 0.5) is 11.6 Å². The highest BCUT2D eigenvalue weighted by Gasteiger charge is 2.27. The zero-order chi connectivity index (χ0) is 15.4. The maximum absolute atomic E-state index is 5.60. The van der Waals surface area contributed by atoms with E-state index in [0.717, 1.165) is 41.8 Å². The topological polar surface area (TPSA) is 75.9 Å². The van der Waals surface area contributed by atoms with Crippen molar-refractivity contribution in [3.8, 4) is 0 Å². The van der Waals surface area contributed by atoms with Gasteiger partial charge in [0.15, 0.2) is 0 Å². The Hall–Kier alpha value is -1.36. The quantitative estimate of drug-likeness (QED) is 0.573. The van der Waals surface area contributed by atoms with Crippen LogP contribution < -0.4 is 16.6 Å². The van der Waals surface area contributed by atoms with Crippen LogP contribution in [0.1, 0.15) is 57.8 Å².